The van der Waals surface area contributed by atoms with Crippen molar-refractivity contribution in [3.8, 4) is 5.75 Å². The lowest BCUT2D eigenvalue weighted by Gasteiger charge is -2.22. The van der Waals surface area contributed by atoms with Gasteiger partial charge in [0.15, 0.2) is 0 Å². The fourth-order valence-corrected chi connectivity index (χ4v) is 2.37. The van der Waals surface area contributed by atoms with E-state index in [0.717, 1.165) is 0 Å². The molecule has 1 unspecified atom stereocenters. The monoisotopic (exact) mass is 238 g/mol. The fourth-order valence-electron chi connectivity index (χ4n) is 1.18. The summed E-state index contributed by atoms with van der Waals surface area (Å²) in [6.07, 6.45) is 3.10. The van der Waals surface area contributed by atoms with Crippen LogP contribution in [0.25, 0.3) is 0 Å². The predicted octanol–water partition coefficient (Wildman–Crippen LogP) is 3.29. The molecule has 0 bridgehead atoms. The molecule has 16 heavy (non-hydrogen) atoms. The Morgan fingerprint density at radius 3 is 2.81 bits per heavy atom. The summed E-state index contributed by atoms with van der Waals surface area (Å²) in [5, 5.41) is 0. The zero-order chi connectivity index (χ0) is 11.4. The number of phosphoric acid groups is 1. The van der Waals surface area contributed by atoms with E-state index in [-0.39, 0.29) is 6.61 Å². The van der Waals surface area contributed by atoms with Crippen molar-refractivity contribution in [2.45, 2.75) is 0 Å². The summed E-state index contributed by atoms with van der Waals surface area (Å²) in [5.74, 6) is 0.849. The van der Waals surface area contributed by atoms with Crippen molar-refractivity contribution in [3.05, 3.63) is 54.8 Å². The Bertz CT molecular complexity index is 452. The van der Waals surface area contributed by atoms with Crippen LogP contribution in [-0.4, -0.2) is 6.61 Å². The van der Waals surface area contributed by atoms with E-state index in [1.54, 1.807) is 30.3 Å². The van der Waals surface area contributed by atoms with Crippen LogP contribution in [0, 0.1) is 0 Å². The maximum atomic E-state index is 12.0. The van der Waals surface area contributed by atoms with Gasteiger partial charge in [0, 0.05) is 0 Å². The molecule has 1 aliphatic heterocycles. The maximum absolute atomic E-state index is 12.0. The number of para-hydroxylation sites is 1. The Morgan fingerprint density at radius 2 is 2.12 bits per heavy atom. The Kier molecular flexibility index (Phi) is 3.13. The van der Waals surface area contributed by atoms with Crippen molar-refractivity contribution < 1.29 is 18.1 Å². The number of hydrogen-bond donors (Lipinski definition) is 0. The third kappa shape index (κ3) is 2.54. The van der Waals surface area contributed by atoms with Gasteiger partial charge < -0.3 is 9.05 Å². The summed E-state index contributed by atoms with van der Waals surface area (Å²) < 4.78 is 27.3. The fraction of sp³-hybridized carbons (Fsp3) is 0.0909. The van der Waals surface area contributed by atoms with E-state index in [4.69, 9.17) is 13.6 Å². The van der Waals surface area contributed by atoms with Gasteiger partial charge in [-0.25, -0.2) is 4.57 Å². The molecule has 0 saturated heterocycles. The lowest BCUT2D eigenvalue weighted by molar-refractivity contribution is 0.186. The van der Waals surface area contributed by atoms with E-state index in [0.29, 0.717) is 11.5 Å². The van der Waals surface area contributed by atoms with E-state index in [2.05, 4.69) is 6.58 Å². The molecule has 0 saturated carbocycles. The highest BCUT2D eigenvalue weighted by Gasteiger charge is 2.33. The van der Waals surface area contributed by atoms with Crippen LogP contribution in [0.3, 0.4) is 0 Å². The molecular formula is C11H11O4P. The van der Waals surface area contributed by atoms with Crippen molar-refractivity contribution in [1.82, 2.24) is 0 Å². The first-order valence-electron chi connectivity index (χ1n) is 4.73. The second kappa shape index (κ2) is 4.56. The normalized spacial score (nSPS) is 24.1. The highest BCUT2D eigenvalue weighted by Crippen LogP contribution is 2.53. The van der Waals surface area contributed by atoms with Crippen LogP contribution >= 0.6 is 7.82 Å². The quantitative estimate of drug-likeness (QED) is 0.758. The molecule has 1 heterocycles. The number of benzene rings is 1. The largest absolute Gasteiger partial charge is 0.587 e. The van der Waals surface area contributed by atoms with Gasteiger partial charge >= 0.3 is 7.82 Å². The molecule has 1 aromatic carbocycles. The topological polar surface area (TPSA) is 44.8 Å². The molecule has 0 radical (unpaired) electrons. The van der Waals surface area contributed by atoms with E-state index in [1.165, 1.54) is 6.08 Å². The van der Waals surface area contributed by atoms with E-state index in [9.17, 15) is 4.57 Å². The molecule has 0 spiro atoms. The number of allylic oxidation sites excluding steroid dienone is 1. The van der Waals surface area contributed by atoms with Gasteiger partial charge in [0.1, 0.15) is 11.5 Å². The third-order valence-electron chi connectivity index (χ3n) is 1.90. The van der Waals surface area contributed by atoms with E-state index >= 15 is 0 Å². The van der Waals surface area contributed by atoms with Crippen molar-refractivity contribution >= 4 is 7.82 Å². The summed E-state index contributed by atoms with van der Waals surface area (Å²) in [6.45, 7) is 3.72. The molecule has 1 aromatic rings. The smallest absolute Gasteiger partial charge is 0.395 e. The summed E-state index contributed by atoms with van der Waals surface area (Å²) in [7, 11) is -3.55. The summed E-state index contributed by atoms with van der Waals surface area (Å²) >= 11 is 0. The zero-order valence-electron chi connectivity index (χ0n) is 8.54. The molecule has 84 valence electrons. The van der Waals surface area contributed by atoms with Crippen LogP contribution in [0.5, 0.6) is 5.75 Å². The standard InChI is InChI=1S/C11H11O4P/c1-2-10-8-9-13-16(12,14-10)15-11-6-4-3-5-7-11/h2-8H,1,9H2. The van der Waals surface area contributed by atoms with Gasteiger partial charge in [0.25, 0.3) is 0 Å². The van der Waals surface area contributed by atoms with Crippen LogP contribution in [0.1, 0.15) is 0 Å². The molecule has 2 rings (SSSR count). The summed E-state index contributed by atoms with van der Waals surface area (Å²) in [5.41, 5.74) is 0. The second-order valence-corrected chi connectivity index (χ2v) is 4.57. The Labute approximate surface area is 93.8 Å². The van der Waals surface area contributed by atoms with Crippen LogP contribution < -0.4 is 4.52 Å². The van der Waals surface area contributed by atoms with Crippen molar-refractivity contribution in [2.24, 2.45) is 0 Å². The third-order valence-corrected chi connectivity index (χ3v) is 3.23. The minimum absolute atomic E-state index is 0.186. The number of hydrogen-bond acceptors (Lipinski definition) is 4. The van der Waals surface area contributed by atoms with Crippen LogP contribution in [0.4, 0.5) is 0 Å². The highest BCUT2D eigenvalue weighted by molar-refractivity contribution is 7.49. The van der Waals surface area contributed by atoms with Gasteiger partial charge in [-0.1, -0.05) is 24.8 Å². The number of phosphoric ester groups is 1. The average molecular weight is 238 g/mol. The molecule has 0 N–H and O–H groups in total. The van der Waals surface area contributed by atoms with E-state index < -0.39 is 7.82 Å². The minimum Gasteiger partial charge on any atom is -0.395 e. The molecule has 0 aliphatic carbocycles. The SMILES string of the molecule is C=CC1=CCOP(=O)(Oc2ccccc2)O1. The Morgan fingerprint density at radius 1 is 1.38 bits per heavy atom. The Hall–Kier alpha value is -1.51. The molecule has 0 amide bonds. The van der Waals surface area contributed by atoms with Gasteiger partial charge in [-0.2, -0.15) is 0 Å². The maximum Gasteiger partial charge on any atom is 0.587 e. The molecule has 4 nitrogen and oxygen atoms in total. The first-order valence-corrected chi connectivity index (χ1v) is 6.19. The predicted molar refractivity (Wildman–Crippen MR) is 60.0 cm³/mol. The van der Waals surface area contributed by atoms with Crippen LogP contribution in [-0.2, 0) is 13.6 Å². The lowest BCUT2D eigenvalue weighted by Crippen LogP contribution is -2.07. The molecule has 1 atom stereocenters. The van der Waals surface area contributed by atoms with Crippen molar-refractivity contribution in [3.63, 3.8) is 0 Å². The molecular weight excluding hydrogens is 227 g/mol. The van der Waals surface area contributed by atoms with Crippen molar-refractivity contribution in [1.29, 1.82) is 0 Å². The molecule has 5 heteroatoms. The van der Waals surface area contributed by atoms with Gasteiger partial charge in [0.2, 0.25) is 0 Å². The van der Waals surface area contributed by atoms with Gasteiger partial charge in [-0.15, -0.1) is 0 Å². The minimum atomic E-state index is -3.55. The van der Waals surface area contributed by atoms with Crippen molar-refractivity contribution in [2.75, 3.05) is 6.61 Å². The average Bonchev–Trinajstić information content (AvgIpc) is 2.29. The lowest BCUT2D eigenvalue weighted by atomic mass is 10.3. The Balaban J connectivity index is 2.13. The number of rotatable bonds is 3. The van der Waals surface area contributed by atoms with Gasteiger partial charge in [-0.3, -0.25) is 4.52 Å². The van der Waals surface area contributed by atoms with Crippen LogP contribution in [0.15, 0.2) is 54.8 Å². The molecule has 0 fully saturated rings. The van der Waals surface area contributed by atoms with Gasteiger partial charge in [-0.05, 0) is 24.3 Å². The van der Waals surface area contributed by atoms with E-state index in [1.807, 2.05) is 6.07 Å². The second-order valence-electron chi connectivity index (χ2n) is 3.05. The highest BCUT2D eigenvalue weighted by atomic mass is 31.2. The molecule has 1 aliphatic rings. The molecule has 0 aromatic heterocycles. The van der Waals surface area contributed by atoms with Gasteiger partial charge in [0.05, 0.1) is 6.61 Å². The first kappa shape index (κ1) is 11.0. The van der Waals surface area contributed by atoms with Crippen LogP contribution in [0.2, 0.25) is 0 Å². The summed E-state index contributed by atoms with van der Waals surface area (Å²) in [6, 6.07) is 8.74. The zero-order valence-corrected chi connectivity index (χ0v) is 9.43. The summed E-state index contributed by atoms with van der Waals surface area (Å²) in [4.78, 5) is 0. The first-order chi connectivity index (χ1) is 7.72.